The summed E-state index contributed by atoms with van der Waals surface area (Å²) < 4.78 is 67.8. The number of nitrogens with zero attached hydrogens (tertiary/aromatic N) is 1. The molecule has 1 saturated heterocycles. The number of sulfonamides is 1. The van der Waals surface area contributed by atoms with E-state index in [1.165, 1.54) is 48.5 Å². The highest BCUT2D eigenvalue weighted by Gasteiger charge is 2.29. The lowest BCUT2D eigenvalue weighted by Crippen LogP contribution is -2.46. The van der Waals surface area contributed by atoms with Gasteiger partial charge >= 0.3 is 0 Å². The van der Waals surface area contributed by atoms with Crippen LogP contribution in [0, 0.1) is 5.82 Å². The van der Waals surface area contributed by atoms with Crippen molar-refractivity contribution < 1.29 is 26.0 Å². The van der Waals surface area contributed by atoms with Gasteiger partial charge in [0.25, 0.3) is 5.91 Å². The van der Waals surface area contributed by atoms with E-state index in [1.807, 2.05) is 0 Å². The number of amides is 1. The quantitative estimate of drug-likeness (QED) is 0.515. The third-order valence-corrected chi connectivity index (χ3v) is 9.52. The first-order valence-electron chi connectivity index (χ1n) is 10.7. The van der Waals surface area contributed by atoms with Crippen molar-refractivity contribution in [1.29, 1.82) is 0 Å². The van der Waals surface area contributed by atoms with Crippen molar-refractivity contribution >= 4 is 37.4 Å². The minimum absolute atomic E-state index is 0.0387. The Morgan fingerprint density at radius 2 is 1.51 bits per heavy atom. The molecule has 1 aliphatic rings. The standard InChI is InChI=1S/C24H22ClFN2O5S2/c25-22-11-10-21(34(30,31)20-4-2-1-3-5-20)16-23(22)35(32,33)27-19-12-14-28(15-13-19)24(29)17-6-8-18(26)9-7-17/h1-11,16,19,27H,12-15H2. The number of carbonyl (C=O) groups excluding carboxylic acids is 1. The van der Waals surface area contributed by atoms with Gasteiger partial charge in [-0.25, -0.2) is 25.9 Å². The van der Waals surface area contributed by atoms with E-state index in [4.69, 9.17) is 11.6 Å². The molecule has 184 valence electrons. The van der Waals surface area contributed by atoms with Crippen molar-refractivity contribution in [3.05, 3.63) is 89.2 Å². The first kappa shape index (κ1) is 25.3. The normalized spacial score (nSPS) is 15.2. The Hall–Kier alpha value is -2.79. The predicted octanol–water partition coefficient (Wildman–Crippen LogP) is 3.90. The number of likely N-dealkylation sites (tertiary alicyclic amines) is 1. The lowest BCUT2D eigenvalue weighted by atomic mass is 10.0. The molecule has 1 N–H and O–H groups in total. The summed E-state index contributed by atoms with van der Waals surface area (Å²) >= 11 is 6.14. The molecule has 11 heteroatoms. The van der Waals surface area contributed by atoms with Crippen molar-refractivity contribution in [3.8, 4) is 0 Å². The van der Waals surface area contributed by atoms with Crippen LogP contribution < -0.4 is 4.72 Å². The fourth-order valence-corrected chi connectivity index (χ4v) is 7.06. The summed E-state index contributed by atoms with van der Waals surface area (Å²) in [4.78, 5) is 13.7. The van der Waals surface area contributed by atoms with Crippen molar-refractivity contribution in [1.82, 2.24) is 9.62 Å². The largest absolute Gasteiger partial charge is 0.339 e. The summed E-state index contributed by atoms with van der Waals surface area (Å²) in [5.74, 6) is -0.692. The number of sulfone groups is 1. The molecule has 3 aromatic carbocycles. The van der Waals surface area contributed by atoms with E-state index in [2.05, 4.69) is 4.72 Å². The summed E-state index contributed by atoms with van der Waals surface area (Å²) in [5, 5.41) is -0.103. The average molecular weight is 537 g/mol. The second-order valence-corrected chi connectivity index (χ2v) is 12.1. The third kappa shape index (κ3) is 5.56. The molecule has 1 fully saturated rings. The number of nitrogens with one attached hydrogen (secondary N) is 1. The number of carbonyl (C=O) groups is 1. The molecule has 0 radical (unpaired) electrons. The predicted molar refractivity (Wildman–Crippen MR) is 129 cm³/mol. The van der Waals surface area contributed by atoms with Gasteiger partial charge in [0.2, 0.25) is 19.9 Å². The van der Waals surface area contributed by atoms with Crippen molar-refractivity contribution in [2.75, 3.05) is 13.1 Å². The van der Waals surface area contributed by atoms with Crippen LogP contribution in [-0.4, -0.2) is 46.8 Å². The molecule has 1 amide bonds. The first-order valence-corrected chi connectivity index (χ1v) is 14.1. The number of rotatable bonds is 6. The first-order chi connectivity index (χ1) is 16.6. The molecule has 1 aliphatic heterocycles. The van der Waals surface area contributed by atoms with E-state index < -0.39 is 31.7 Å². The fraction of sp³-hybridized carbons (Fsp3) is 0.208. The Morgan fingerprint density at radius 3 is 2.14 bits per heavy atom. The highest BCUT2D eigenvalue weighted by Crippen LogP contribution is 2.29. The van der Waals surface area contributed by atoms with E-state index >= 15 is 0 Å². The number of hydrogen-bond donors (Lipinski definition) is 1. The average Bonchev–Trinajstić information content (AvgIpc) is 2.85. The zero-order valence-corrected chi connectivity index (χ0v) is 20.8. The SMILES string of the molecule is O=C(c1ccc(F)cc1)N1CCC(NS(=O)(=O)c2cc(S(=O)(=O)c3ccccc3)ccc2Cl)CC1. The number of piperidine rings is 1. The molecule has 0 aliphatic carbocycles. The lowest BCUT2D eigenvalue weighted by Gasteiger charge is -2.32. The second-order valence-electron chi connectivity index (χ2n) is 8.10. The molecule has 0 aromatic heterocycles. The van der Waals surface area contributed by atoms with Crippen LogP contribution in [0.2, 0.25) is 5.02 Å². The van der Waals surface area contributed by atoms with E-state index in [0.29, 0.717) is 31.5 Å². The van der Waals surface area contributed by atoms with Crippen LogP contribution in [0.4, 0.5) is 4.39 Å². The van der Waals surface area contributed by atoms with Gasteiger partial charge < -0.3 is 4.90 Å². The van der Waals surface area contributed by atoms with Crippen LogP contribution in [-0.2, 0) is 19.9 Å². The van der Waals surface area contributed by atoms with Gasteiger partial charge in [0.15, 0.2) is 0 Å². The van der Waals surface area contributed by atoms with Gasteiger partial charge in [0.05, 0.1) is 14.8 Å². The molecule has 0 atom stereocenters. The van der Waals surface area contributed by atoms with Gasteiger partial charge in [-0.2, -0.15) is 0 Å². The van der Waals surface area contributed by atoms with E-state index in [1.54, 1.807) is 23.1 Å². The number of benzene rings is 3. The molecule has 35 heavy (non-hydrogen) atoms. The van der Waals surface area contributed by atoms with E-state index in [0.717, 1.165) is 6.07 Å². The lowest BCUT2D eigenvalue weighted by molar-refractivity contribution is 0.0711. The Labute approximate surface area is 208 Å². The van der Waals surface area contributed by atoms with E-state index in [-0.39, 0.29) is 25.6 Å². The van der Waals surface area contributed by atoms with Crippen molar-refractivity contribution in [3.63, 3.8) is 0 Å². The van der Waals surface area contributed by atoms with Crippen LogP contribution in [0.5, 0.6) is 0 Å². The number of halogens is 2. The Morgan fingerprint density at radius 1 is 0.886 bits per heavy atom. The summed E-state index contributed by atoms with van der Waals surface area (Å²) in [6.45, 7) is 0.610. The minimum Gasteiger partial charge on any atom is -0.339 e. The molecule has 3 aromatic rings. The van der Waals surface area contributed by atoms with Gasteiger partial charge in [0.1, 0.15) is 10.7 Å². The smallest absolute Gasteiger partial charge is 0.253 e. The maximum Gasteiger partial charge on any atom is 0.253 e. The minimum atomic E-state index is -4.14. The molecule has 7 nitrogen and oxygen atoms in total. The highest BCUT2D eigenvalue weighted by molar-refractivity contribution is 7.91. The molecule has 0 spiro atoms. The van der Waals surface area contributed by atoms with Crippen molar-refractivity contribution in [2.45, 2.75) is 33.6 Å². The maximum absolute atomic E-state index is 13.1. The Bertz CT molecular complexity index is 1440. The summed E-state index contributed by atoms with van der Waals surface area (Å²) in [7, 11) is -8.08. The Kier molecular flexibility index (Phi) is 7.27. The van der Waals surface area contributed by atoms with Gasteiger partial charge in [0, 0.05) is 24.7 Å². The molecular formula is C24H22ClFN2O5S2. The van der Waals surface area contributed by atoms with E-state index in [9.17, 15) is 26.0 Å². The Balaban J connectivity index is 1.48. The molecule has 4 rings (SSSR count). The number of hydrogen-bond acceptors (Lipinski definition) is 5. The second kappa shape index (κ2) is 10.1. The van der Waals surface area contributed by atoms with Gasteiger partial charge in [-0.05, 0) is 67.4 Å². The molecule has 0 saturated carbocycles. The molecule has 0 unspecified atom stereocenters. The topological polar surface area (TPSA) is 101 Å². The monoisotopic (exact) mass is 536 g/mol. The molecule has 0 bridgehead atoms. The maximum atomic E-state index is 13.1. The molecule has 1 heterocycles. The summed E-state index contributed by atoms with van der Waals surface area (Å²) in [6, 6.07) is 16.0. The zero-order valence-electron chi connectivity index (χ0n) is 18.4. The van der Waals surface area contributed by atoms with Crippen LogP contribution in [0.25, 0.3) is 0 Å². The third-order valence-electron chi connectivity index (χ3n) is 5.75. The van der Waals surface area contributed by atoms with Gasteiger partial charge in [-0.15, -0.1) is 0 Å². The fourth-order valence-electron chi connectivity index (χ4n) is 3.85. The van der Waals surface area contributed by atoms with Crippen LogP contribution in [0.15, 0.2) is 87.5 Å². The van der Waals surface area contributed by atoms with Crippen LogP contribution in [0.1, 0.15) is 23.2 Å². The van der Waals surface area contributed by atoms with Crippen molar-refractivity contribution in [2.24, 2.45) is 0 Å². The highest BCUT2D eigenvalue weighted by atomic mass is 35.5. The summed E-state index contributed by atoms with van der Waals surface area (Å²) in [6.07, 6.45) is 0.706. The molecular weight excluding hydrogens is 515 g/mol. The summed E-state index contributed by atoms with van der Waals surface area (Å²) in [5.41, 5.74) is 0.355. The zero-order chi connectivity index (χ0) is 25.2. The van der Waals surface area contributed by atoms with Gasteiger partial charge in [-0.3, -0.25) is 4.79 Å². The van der Waals surface area contributed by atoms with Crippen LogP contribution in [0.3, 0.4) is 0 Å². The van der Waals surface area contributed by atoms with Crippen LogP contribution >= 0.6 is 11.6 Å². The van der Waals surface area contributed by atoms with Gasteiger partial charge in [-0.1, -0.05) is 29.8 Å².